The van der Waals surface area contributed by atoms with Crippen LogP contribution in [0.3, 0.4) is 0 Å². The van der Waals surface area contributed by atoms with Gasteiger partial charge < -0.3 is 15.0 Å². The average molecular weight is 473 g/mol. The minimum atomic E-state index is -0.699. The van der Waals surface area contributed by atoms with Crippen LogP contribution < -0.4 is 10.2 Å². The maximum absolute atomic E-state index is 13.8. The highest BCUT2D eigenvalue weighted by atomic mass is 19.1. The summed E-state index contributed by atoms with van der Waals surface area (Å²) in [4.78, 5) is 33.5. The fourth-order valence-electron chi connectivity index (χ4n) is 4.42. The molecule has 3 aromatic rings. The van der Waals surface area contributed by atoms with Crippen LogP contribution in [0.2, 0.25) is 0 Å². The Kier molecular flexibility index (Phi) is 6.05. The Balaban J connectivity index is 1.55. The Hall–Kier alpha value is -4.04. The number of nitrogens with one attached hydrogen (secondary N) is 1. The van der Waals surface area contributed by atoms with E-state index in [1.165, 1.54) is 12.1 Å². The molecule has 1 saturated heterocycles. The Morgan fingerprint density at radius 3 is 2.49 bits per heavy atom. The van der Waals surface area contributed by atoms with Crippen molar-refractivity contribution in [3.63, 3.8) is 0 Å². The molecule has 0 saturated carbocycles. The summed E-state index contributed by atoms with van der Waals surface area (Å²) in [7, 11) is 4.02. The number of ether oxygens (including phenoxy) is 1. The third-order valence-corrected chi connectivity index (χ3v) is 6.04. The van der Waals surface area contributed by atoms with E-state index in [9.17, 15) is 14.0 Å². The van der Waals surface area contributed by atoms with E-state index in [0.717, 1.165) is 17.7 Å². The zero-order valence-corrected chi connectivity index (χ0v) is 19.5. The number of carbonyl (C=O) groups excluding carboxylic acids is 2. The van der Waals surface area contributed by atoms with Crippen LogP contribution in [0.25, 0.3) is 0 Å². The van der Waals surface area contributed by atoms with Gasteiger partial charge in [0.1, 0.15) is 18.3 Å². The molecule has 2 amide bonds. The highest BCUT2D eigenvalue weighted by Gasteiger charge is 2.36. The number of cyclic esters (lactones) is 1. The second-order valence-corrected chi connectivity index (χ2v) is 8.87. The summed E-state index contributed by atoms with van der Waals surface area (Å²) in [6.07, 6.45) is -0.379. The number of anilines is 2. The lowest BCUT2D eigenvalue weighted by molar-refractivity contribution is -0.115. The van der Waals surface area contributed by atoms with Crippen molar-refractivity contribution in [3.05, 3.63) is 89.2 Å². The van der Waals surface area contributed by atoms with E-state index in [0.29, 0.717) is 41.5 Å². The molecule has 35 heavy (non-hydrogen) atoms. The highest BCUT2D eigenvalue weighted by molar-refractivity contribution is 6.24. The number of fused-ring (bicyclic) bond motifs is 1. The molecule has 1 atom stereocenters. The number of aliphatic imine (C=N–C) groups is 1. The van der Waals surface area contributed by atoms with Crippen LogP contribution in [-0.2, 0) is 16.1 Å². The molecule has 8 heteroatoms. The number of hydrogen-bond acceptors (Lipinski definition) is 5. The van der Waals surface area contributed by atoms with E-state index < -0.39 is 11.7 Å². The summed E-state index contributed by atoms with van der Waals surface area (Å²) in [6, 6.07) is 19.5. The lowest BCUT2D eigenvalue weighted by Crippen LogP contribution is -2.24. The Labute approximate surface area is 202 Å². The summed E-state index contributed by atoms with van der Waals surface area (Å²) in [5, 5.41) is 2.78. The molecule has 2 aliphatic heterocycles. The number of nitrogens with zero attached hydrogens (tertiary/aromatic N) is 3. The lowest BCUT2D eigenvalue weighted by Gasteiger charge is -2.17. The van der Waals surface area contributed by atoms with Crippen molar-refractivity contribution in [2.45, 2.75) is 12.5 Å². The van der Waals surface area contributed by atoms with E-state index >= 15 is 0 Å². The topological polar surface area (TPSA) is 74.2 Å². The molecule has 1 N–H and O–H groups in total. The minimum absolute atomic E-state index is 0.263. The lowest BCUT2D eigenvalue weighted by atomic mass is 9.90. The third-order valence-electron chi connectivity index (χ3n) is 6.04. The first kappa shape index (κ1) is 22.7. The van der Waals surface area contributed by atoms with Gasteiger partial charge in [0.05, 0.1) is 17.9 Å². The minimum Gasteiger partial charge on any atom is -0.447 e. The van der Waals surface area contributed by atoms with Crippen molar-refractivity contribution in [1.82, 2.24) is 4.90 Å². The summed E-state index contributed by atoms with van der Waals surface area (Å²) in [5.74, 6) is -1.38. The zero-order chi connectivity index (χ0) is 24.5. The molecule has 0 aliphatic carbocycles. The van der Waals surface area contributed by atoms with E-state index in [1.807, 2.05) is 62.6 Å². The maximum atomic E-state index is 13.8. The molecule has 0 radical (unpaired) electrons. The van der Waals surface area contributed by atoms with E-state index in [1.54, 1.807) is 11.0 Å². The molecule has 3 aromatic carbocycles. The SMILES string of the molecule is CN(C)Cc1ccc(N=C(c2ccc(N3CCOC3=O)cc2)C2C(=O)Nc3cc(F)ccc32)cc1. The van der Waals surface area contributed by atoms with Crippen molar-refractivity contribution in [2.24, 2.45) is 4.99 Å². The van der Waals surface area contributed by atoms with Gasteiger partial charge in [-0.25, -0.2) is 9.18 Å². The first-order valence-corrected chi connectivity index (χ1v) is 11.4. The number of carbonyl (C=O) groups is 2. The predicted octanol–water partition coefficient (Wildman–Crippen LogP) is 4.70. The summed E-state index contributed by atoms with van der Waals surface area (Å²) in [5.41, 5.74) is 4.97. The molecule has 7 nitrogen and oxygen atoms in total. The normalized spacial score (nSPS) is 17.5. The second-order valence-electron chi connectivity index (χ2n) is 8.87. The molecule has 0 aromatic heterocycles. The largest absolute Gasteiger partial charge is 0.447 e. The molecule has 0 spiro atoms. The Morgan fingerprint density at radius 1 is 1.09 bits per heavy atom. The first-order valence-electron chi connectivity index (χ1n) is 11.4. The summed E-state index contributed by atoms with van der Waals surface area (Å²) >= 11 is 0. The van der Waals surface area contributed by atoms with Crippen LogP contribution in [-0.4, -0.2) is 49.9 Å². The van der Waals surface area contributed by atoms with E-state index in [2.05, 4.69) is 10.2 Å². The van der Waals surface area contributed by atoms with Crippen molar-refractivity contribution < 1.29 is 18.7 Å². The molecular formula is C27H25FN4O3. The van der Waals surface area contributed by atoms with Crippen LogP contribution in [0.15, 0.2) is 71.7 Å². The molecule has 0 bridgehead atoms. The van der Waals surface area contributed by atoms with Crippen molar-refractivity contribution >= 4 is 34.8 Å². The fraction of sp³-hybridized carbons (Fsp3) is 0.222. The second kappa shape index (κ2) is 9.31. The smallest absolute Gasteiger partial charge is 0.414 e. The number of halogens is 1. The van der Waals surface area contributed by atoms with Crippen LogP contribution >= 0.6 is 0 Å². The summed E-state index contributed by atoms with van der Waals surface area (Å²) < 4.78 is 18.8. The maximum Gasteiger partial charge on any atom is 0.414 e. The van der Waals surface area contributed by atoms with Gasteiger partial charge in [0.15, 0.2) is 0 Å². The number of benzene rings is 3. The van der Waals surface area contributed by atoms with Gasteiger partial charge >= 0.3 is 6.09 Å². The van der Waals surface area contributed by atoms with Gasteiger partial charge in [-0.2, -0.15) is 0 Å². The van der Waals surface area contributed by atoms with Gasteiger partial charge in [-0.05, 0) is 67.2 Å². The van der Waals surface area contributed by atoms with Crippen LogP contribution in [0.1, 0.15) is 22.6 Å². The fourth-order valence-corrected chi connectivity index (χ4v) is 4.42. The van der Waals surface area contributed by atoms with Crippen molar-refractivity contribution in [1.29, 1.82) is 0 Å². The van der Waals surface area contributed by atoms with Gasteiger partial charge in [-0.1, -0.05) is 30.3 Å². The molecule has 2 aliphatic rings. The monoisotopic (exact) mass is 472 g/mol. The van der Waals surface area contributed by atoms with Gasteiger partial charge in [0, 0.05) is 17.9 Å². The van der Waals surface area contributed by atoms with Gasteiger partial charge in [-0.15, -0.1) is 0 Å². The van der Waals surface area contributed by atoms with E-state index in [4.69, 9.17) is 9.73 Å². The van der Waals surface area contributed by atoms with Crippen molar-refractivity contribution in [3.8, 4) is 0 Å². The molecular weight excluding hydrogens is 447 g/mol. The number of rotatable bonds is 6. The molecule has 5 rings (SSSR count). The molecule has 178 valence electrons. The molecule has 1 fully saturated rings. The molecule has 2 heterocycles. The van der Waals surface area contributed by atoms with Gasteiger partial charge in [0.2, 0.25) is 5.91 Å². The zero-order valence-electron chi connectivity index (χ0n) is 19.5. The van der Waals surface area contributed by atoms with Crippen LogP contribution in [0, 0.1) is 5.82 Å². The Morgan fingerprint density at radius 2 is 1.83 bits per heavy atom. The number of hydrogen-bond donors (Lipinski definition) is 1. The number of amides is 2. The average Bonchev–Trinajstić information content (AvgIpc) is 3.40. The quantitative estimate of drug-likeness (QED) is 0.528. The third kappa shape index (κ3) is 4.65. The van der Waals surface area contributed by atoms with Gasteiger partial charge in [-0.3, -0.25) is 14.7 Å². The van der Waals surface area contributed by atoms with Gasteiger partial charge in [0.25, 0.3) is 0 Å². The van der Waals surface area contributed by atoms with Crippen LogP contribution in [0.4, 0.5) is 26.2 Å². The molecule has 1 unspecified atom stereocenters. The highest BCUT2D eigenvalue weighted by Crippen LogP contribution is 2.37. The van der Waals surface area contributed by atoms with Crippen molar-refractivity contribution in [2.75, 3.05) is 37.5 Å². The standard InChI is InChI=1S/C27H25FN4O3/c1-31(2)16-17-3-8-20(9-4-17)29-25(24-22-12-7-19(28)15-23(22)30-26(24)33)18-5-10-21(11-6-18)32-13-14-35-27(32)34/h3-12,15,24H,13-14,16H2,1-2H3,(H,30,33). The predicted molar refractivity (Wildman–Crippen MR) is 133 cm³/mol. The summed E-state index contributed by atoms with van der Waals surface area (Å²) in [6.45, 7) is 1.65. The Bertz CT molecular complexity index is 1300. The first-order chi connectivity index (χ1) is 16.9. The van der Waals surface area contributed by atoms with E-state index in [-0.39, 0.29) is 12.0 Å². The van der Waals surface area contributed by atoms with Crippen LogP contribution in [0.5, 0.6) is 0 Å².